The van der Waals surface area contributed by atoms with E-state index in [1.54, 1.807) is 27.9 Å². The molecule has 10 nitrogen and oxygen atoms in total. The highest BCUT2D eigenvalue weighted by molar-refractivity contribution is 5.70. The van der Waals surface area contributed by atoms with E-state index < -0.39 is 23.2 Å². The molecule has 0 bridgehead atoms. The normalized spacial score (nSPS) is 23.3. The first-order chi connectivity index (χ1) is 17.2. The zero-order valence-corrected chi connectivity index (χ0v) is 21.3. The number of hydrogen-bond acceptors (Lipinski definition) is 9. The lowest BCUT2D eigenvalue weighted by Gasteiger charge is -2.22. The first-order valence-electron chi connectivity index (χ1n) is 12.3. The molecule has 2 aliphatic heterocycles. The van der Waals surface area contributed by atoms with Crippen molar-refractivity contribution in [2.75, 3.05) is 32.2 Å². The summed E-state index contributed by atoms with van der Waals surface area (Å²) < 4.78 is 29.7. The molecule has 0 amide bonds. The molecular formula is C26H35N3O7. The average Bonchev–Trinajstić information content (AvgIpc) is 3.42. The summed E-state index contributed by atoms with van der Waals surface area (Å²) in [6.07, 6.45) is 1.87. The highest BCUT2D eigenvalue weighted by Crippen LogP contribution is 2.30. The fourth-order valence-corrected chi connectivity index (χ4v) is 4.36. The lowest BCUT2D eigenvalue weighted by molar-refractivity contribution is -0.155. The fourth-order valence-electron chi connectivity index (χ4n) is 4.36. The summed E-state index contributed by atoms with van der Waals surface area (Å²) in [5.74, 6) is -0.561. The van der Waals surface area contributed by atoms with Gasteiger partial charge in [-0.05, 0) is 39.2 Å². The zero-order chi connectivity index (χ0) is 25.7. The summed E-state index contributed by atoms with van der Waals surface area (Å²) in [5, 5.41) is 3.15. The van der Waals surface area contributed by atoms with E-state index in [9.17, 15) is 9.59 Å². The number of hydrogen-bond donors (Lipinski definition) is 1. The van der Waals surface area contributed by atoms with Gasteiger partial charge in [-0.25, -0.2) is 9.55 Å². The number of rotatable bonds is 10. The number of benzene rings is 1. The quantitative estimate of drug-likeness (QED) is 0.387. The molecule has 4 atom stereocenters. The molecule has 2 saturated heterocycles. The molecule has 4 rings (SSSR count). The number of nitrogens with zero attached hydrogens (tertiary/aromatic N) is 2. The number of aryl methyl sites for hydroxylation is 1. The molecule has 0 saturated carbocycles. The van der Waals surface area contributed by atoms with Crippen LogP contribution in [0, 0.1) is 0 Å². The second kappa shape index (κ2) is 11.4. The molecule has 36 heavy (non-hydrogen) atoms. The molecule has 1 N–H and O–H groups in total. The van der Waals surface area contributed by atoms with Gasteiger partial charge in [-0.3, -0.25) is 9.59 Å². The van der Waals surface area contributed by atoms with E-state index in [0.29, 0.717) is 13.2 Å². The van der Waals surface area contributed by atoms with Crippen LogP contribution in [0.1, 0.15) is 32.8 Å². The highest BCUT2D eigenvalue weighted by Gasteiger charge is 2.49. The highest BCUT2D eigenvalue weighted by atomic mass is 16.6. The monoisotopic (exact) mass is 501 g/mol. The molecule has 2 aromatic rings. The van der Waals surface area contributed by atoms with Crippen molar-refractivity contribution in [2.45, 2.75) is 70.2 Å². The van der Waals surface area contributed by atoms with Crippen molar-refractivity contribution >= 4 is 11.7 Å². The van der Waals surface area contributed by atoms with Gasteiger partial charge >= 0.3 is 5.97 Å². The SMILES string of the molecule is CO[C@@H]1CO[C@H]2[C@@H]1OC[C@H]2Oc1ncc(NCCCc2ccccc2)c(=O)n1CC(=O)OC(C)(C)C. The van der Waals surface area contributed by atoms with Crippen molar-refractivity contribution in [3.8, 4) is 6.01 Å². The largest absolute Gasteiger partial charge is 0.459 e. The van der Waals surface area contributed by atoms with Crippen LogP contribution in [-0.2, 0) is 36.7 Å². The van der Waals surface area contributed by atoms with Crippen molar-refractivity contribution in [2.24, 2.45) is 0 Å². The van der Waals surface area contributed by atoms with Gasteiger partial charge in [0.2, 0.25) is 0 Å². The van der Waals surface area contributed by atoms with Gasteiger partial charge in [0.05, 0.1) is 19.4 Å². The van der Waals surface area contributed by atoms with Crippen molar-refractivity contribution in [1.29, 1.82) is 0 Å². The molecule has 2 fully saturated rings. The van der Waals surface area contributed by atoms with Gasteiger partial charge in [0.1, 0.15) is 36.1 Å². The van der Waals surface area contributed by atoms with Crippen LogP contribution in [0.3, 0.4) is 0 Å². The van der Waals surface area contributed by atoms with Gasteiger partial charge in [0.15, 0.2) is 6.10 Å². The third-order valence-corrected chi connectivity index (χ3v) is 6.04. The molecule has 1 aromatic carbocycles. The molecule has 10 heteroatoms. The number of anilines is 1. The van der Waals surface area contributed by atoms with Gasteiger partial charge in [-0.2, -0.15) is 0 Å². The third kappa shape index (κ3) is 6.43. The van der Waals surface area contributed by atoms with E-state index in [-0.39, 0.29) is 43.2 Å². The third-order valence-electron chi connectivity index (χ3n) is 6.04. The Morgan fingerprint density at radius 3 is 2.53 bits per heavy atom. The van der Waals surface area contributed by atoms with Gasteiger partial charge in [0, 0.05) is 13.7 Å². The standard InChI is InChI=1S/C26H35N3O7/c1-26(2,3)36-21(30)14-29-24(31)18(27-12-8-11-17-9-6-5-7-10-17)13-28-25(29)35-20-16-34-22-19(32-4)15-33-23(20)22/h5-7,9-10,13,19-20,22-23,27H,8,11-12,14-16H2,1-4H3/t19-,20-,22-,23-/m1/s1. The maximum atomic E-state index is 13.3. The van der Waals surface area contributed by atoms with Crippen LogP contribution >= 0.6 is 0 Å². The topological polar surface area (TPSA) is 110 Å². The summed E-state index contributed by atoms with van der Waals surface area (Å²) in [7, 11) is 1.61. The minimum absolute atomic E-state index is 0.0133. The van der Waals surface area contributed by atoms with Crippen molar-refractivity contribution in [3.05, 3.63) is 52.4 Å². The number of carbonyl (C=O) groups is 1. The summed E-state index contributed by atoms with van der Waals surface area (Å²) in [6.45, 7) is 6.22. The number of carbonyl (C=O) groups excluding carboxylic acids is 1. The number of ether oxygens (including phenoxy) is 5. The number of nitrogens with one attached hydrogen (secondary N) is 1. The van der Waals surface area contributed by atoms with E-state index in [1.165, 1.54) is 16.3 Å². The smallest absolute Gasteiger partial charge is 0.326 e. The molecule has 1 aromatic heterocycles. The molecule has 3 heterocycles. The van der Waals surface area contributed by atoms with E-state index in [1.807, 2.05) is 18.2 Å². The van der Waals surface area contributed by atoms with Gasteiger partial charge in [0.25, 0.3) is 11.6 Å². The van der Waals surface area contributed by atoms with E-state index in [2.05, 4.69) is 22.4 Å². The summed E-state index contributed by atoms with van der Waals surface area (Å²) in [5.41, 5.74) is 0.409. The zero-order valence-electron chi connectivity index (χ0n) is 21.3. The molecular weight excluding hydrogens is 466 g/mol. The number of esters is 1. The second-order valence-electron chi connectivity index (χ2n) is 9.97. The van der Waals surface area contributed by atoms with E-state index in [0.717, 1.165) is 12.8 Å². The Kier molecular flexibility index (Phi) is 8.28. The Balaban J connectivity index is 1.48. The fraction of sp³-hybridized carbons (Fsp3) is 0.577. The minimum Gasteiger partial charge on any atom is -0.459 e. The van der Waals surface area contributed by atoms with Crippen LogP contribution in [0.4, 0.5) is 5.69 Å². The van der Waals surface area contributed by atoms with Crippen LogP contribution in [0.25, 0.3) is 0 Å². The lowest BCUT2D eigenvalue weighted by atomic mass is 10.1. The Hall–Kier alpha value is -2.95. The second-order valence-corrected chi connectivity index (χ2v) is 9.97. The van der Waals surface area contributed by atoms with Crippen LogP contribution in [0.2, 0.25) is 0 Å². The Morgan fingerprint density at radius 1 is 1.14 bits per heavy atom. The Bertz CT molecular complexity index is 1080. The van der Waals surface area contributed by atoms with Crippen molar-refractivity contribution < 1.29 is 28.5 Å². The lowest BCUT2D eigenvalue weighted by Crippen LogP contribution is -2.38. The van der Waals surface area contributed by atoms with E-state index in [4.69, 9.17) is 23.7 Å². The molecule has 0 spiro atoms. The first-order valence-corrected chi connectivity index (χ1v) is 12.3. The van der Waals surface area contributed by atoms with Crippen molar-refractivity contribution in [3.63, 3.8) is 0 Å². The van der Waals surface area contributed by atoms with Gasteiger partial charge in [-0.15, -0.1) is 0 Å². The minimum atomic E-state index is -0.693. The number of aromatic nitrogens is 2. The maximum Gasteiger partial charge on any atom is 0.326 e. The average molecular weight is 502 g/mol. The summed E-state index contributed by atoms with van der Waals surface area (Å²) >= 11 is 0. The van der Waals surface area contributed by atoms with E-state index >= 15 is 0 Å². The summed E-state index contributed by atoms with van der Waals surface area (Å²) in [4.78, 5) is 30.3. The van der Waals surface area contributed by atoms with Crippen LogP contribution in [0.15, 0.2) is 41.3 Å². The number of methoxy groups -OCH3 is 1. The Morgan fingerprint density at radius 2 is 1.83 bits per heavy atom. The maximum absolute atomic E-state index is 13.3. The molecule has 0 unspecified atom stereocenters. The van der Waals surface area contributed by atoms with Gasteiger partial charge in [-0.1, -0.05) is 30.3 Å². The first kappa shape index (κ1) is 26.1. The molecule has 0 radical (unpaired) electrons. The molecule has 196 valence electrons. The van der Waals surface area contributed by atoms with Crippen molar-refractivity contribution in [1.82, 2.24) is 9.55 Å². The Labute approximate surface area is 210 Å². The summed E-state index contributed by atoms with van der Waals surface area (Å²) in [6, 6.07) is 10.1. The number of fused-ring (bicyclic) bond motifs is 1. The predicted molar refractivity (Wildman–Crippen MR) is 132 cm³/mol. The molecule has 0 aliphatic carbocycles. The molecule has 2 aliphatic rings. The van der Waals surface area contributed by atoms with Crippen LogP contribution in [0.5, 0.6) is 6.01 Å². The predicted octanol–water partition coefficient (Wildman–Crippen LogP) is 2.19. The van der Waals surface area contributed by atoms with Crippen LogP contribution < -0.4 is 15.6 Å². The van der Waals surface area contributed by atoms with Crippen LogP contribution in [-0.4, -0.2) is 72.4 Å². The van der Waals surface area contributed by atoms with Gasteiger partial charge < -0.3 is 29.0 Å².